The standard InChI is InChI=1S/C11H20N4/c1-9-7-14-15(8-9)6-4-5-11(2,3)10(12)13/h7-8H,4-6H2,1-3H3,(H3,12,13). The zero-order valence-corrected chi connectivity index (χ0v) is 9.75. The molecule has 3 N–H and O–H groups in total. The molecule has 0 amide bonds. The van der Waals surface area contributed by atoms with E-state index < -0.39 is 0 Å². The Bertz CT molecular complexity index is 338. The maximum absolute atomic E-state index is 7.44. The van der Waals surface area contributed by atoms with Crippen molar-refractivity contribution in [3.63, 3.8) is 0 Å². The van der Waals surface area contributed by atoms with Crippen LogP contribution in [0, 0.1) is 17.7 Å². The van der Waals surface area contributed by atoms with Crippen LogP contribution >= 0.6 is 0 Å². The Morgan fingerprint density at radius 1 is 1.60 bits per heavy atom. The van der Waals surface area contributed by atoms with E-state index in [1.54, 1.807) is 0 Å². The summed E-state index contributed by atoms with van der Waals surface area (Å²) >= 11 is 0. The van der Waals surface area contributed by atoms with Crippen LogP contribution in [0.1, 0.15) is 32.3 Å². The molecule has 0 atom stereocenters. The minimum absolute atomic E-state index is 0.192. The van der Waals surface area contributed by atoms with E-state index in [2.05, 4.69) is 5.10 Å². The number of rotatable bonds is 5. The zero-order chi connectivity index (χ0) is 11.5. The number of nitrogens with zero attached hydrogens (tertiary/aromatic N) is 2. The van der Waals surface area contributed by atoms with E-state index in [0.717, 1.165) is 19.4 Å². The van der Waals surface area contributed by atoms with Crippen molar-refractivity contribution in [1.29, 1.82) is 5.41 Å². The zero-order valence-electron chi connectivity index (χ0n) is 9.75. The lowest BCUT2D eigenvalue weighted by molar-refractivity contribution is 0.419. The average molecular weight is 208 g/mol. The second kappa shape index (κ2) is 4.47. The normalized spacial score (nSPS) is 11.7. The highest BCUT2D eigenvalue weighted by Gasteiger charge is 2.20. The molecule has 0 unspecified atom stereocenters. The Kier molecular flexibility index (Phi) is 3.50. The molecule has 1 aromatic rings. The smallest absolute Gasteiger partial charge is 0.0963 e. The van der Waals surface area contributed by atoms with Gasteiger partial charge in [0, 0.05) is 18.2 Å². The summed E-state index contributed by atoms with van der Waals surface area (Å²) < 4.78 is 1.94. The Hall–Kier alpha value is -1.32. The molecule has 4 nitrogen and oxygen atoms in total. The molecule has 1 heterocycles. The maximum Gasteiger partial charge on any atom is 0.0963 e. The third kappa shape index (κ3) is 3.38. The fourth-order valence-corrected chi connectivity index (χ4v) is 1.41. The number of amidine groups is 1. The van der Waals surface area contributed by atoms with Crippen LogP contribution in [0.4, 0.5) is 0 Å². The van der Waals surface area contributed by atoms with Gasteiger partial charge in [0.15, 0.2) is 0 Å². The predicted molar refractivity (Wildman–Crippen MR) is 61.9 cm³/mol. The molecule has 15 heavy (non-hydrogen) atoms. The second-order valence-electron chi connectivity index (χ2n) is 4.68. The van der Waals surface area contributed by atoms with Crippen LogP contribution in [0.3, 0.4) is 0 Å². The number of aryl methyl sites for hydroxylation is 2. The maximum atomic E-state index is 7.44. The van der Waals surface area contributed by atoms with E-state index in [-0.39, 0.29) is 11.3 Å². The van der Waals surface area contributed by atoms with Crippen molar-refractivity contribution < 1.29 is 0 Å². The van der Waals surface area contributed by atoms with Crippen LogP contribution in [0.25, 0.3) is 0 Å². The highest BCUT2D eigenvalue weighted by Crippen LogP contribution is 2.21. The van der Waals surface area contributed by atoms with Gasteiger partial charge in [-0.3, -0.25) is 10.1 Å². The minimum atomic E-state index is -0.192. The Balaban J connectivity index is 2.36. The molecule has 1 aromatic heterocycles. The molecule has 0 aliphatic heterocycles. The lowest BCUT2D eigenvalue weighted by atomic mass is 9.87. The molecule has 0 saturated heterocycles. The summed E-state index contributed by atoms with van der Waals surface area (Å²) in [5, 5.41) is 11.7. The van der Waals surface area contributed by atoms with Crippen LogP contribution in [0.5, 0.6) is 0 Å². The van der Waals surface area contributed by atoms with Crippen molar-refractivity contribution in [2.45, 2.75) is 40.2 Å². The number of nitrogens with one attached hydrogen (secondary N) is 1. The molecule has 4 heteroatoms. The number of aromatic nitrogens is 2. The van der Waals surface area contributed by atoms with Crippen LogP contribution in [0.15, 0.2) is 12.4 Å². The molecule has 1 rings (SSSR count). The van der Waals surface area contributed by atoms with E-state index in [0.29, 0.717) is 0 Å². The van der Waals surface area contributed by atoms with Crippen LogP contribution < -0.4 is 5.73 Å². The summed E-state index contributed by atoms with van der Waals surface area (Å²) in [6.07, 6.45) is 5.80. The summed E-state index contributed by atoms with van der Waals surface area (Å²) in [5.74, 6) is 0.263. The van der Waals surface area contributed by atoms with E-state index >= 15 is 0 Å². The van der Waals surface area contributed by atoms with Crippen molar-refractivity contribution in [2.24, 2.45) is 11.1 Å². The highest BCUT2D eigenvalue weighted by atomic mass is 15.3. The fourth-order valence-electron chi connectivity index (χ4n) is 1.41. The lowest BCUT2D eigenvalue weighted by Crippen LogP contribution is -2.30. The van der Waals surface area contributed by atoms with E-state index in [9.17, 15) is 0 Å². The first-order valence-corrected chi connectivity index (χ1v) is 5.25. The SMILES string of the molecule is Cc1cnn(CCCC(C)(C)C(=N)N)c1. The Morgan fingerprint density at radius 3 is 2.73 bits per heavy atom. The van der Waals surface area contributed by atoms with Gasteiger partial charge in [0.1, 0.15) is 0 Å². The third-order valence-electron chi connectivity index (χ3n) is 2.68. The van der Waals surface area contributed by atoms with Gasteiger partial charge in [0.2, 0.25) is 0 Å². The third-order valence-corrected chi connectivity index (χ3v) is 2.68. The van der Waals surface area contributed by atoms with Crippen LogP contribution in [0.2, 0.25) is 0 Å². The summed E-state index contributed by atoms with van der Waals surface area (Å²) in [4.78, 5) is 0. The van der Waals surface area contributed by atoms with E-state index in [1.807, 2.05) is 37.8 Å². The topological polar surface area (TPSA) is 67.7 Å². The van der Waals surface area contributed by atoms with Crippen LogP contribution in [-0.2, 0) is 6.54 Å². The molecule has 0 aliphatic rings. The van der Waals surface area contributed by atoms with Crippen LogP contribution in [-0.4, -0.2) is 15.6 Å². The van der Waals surface area contributed by atoms with Gasteiger partial charge in [-0.1, -0.05) is 13.8 Å². The van der Waals surface area contributed by atoms with Gasteiger partial charge in [-0.15, -0.1) is 0 Å². The Labute approximate surface area is 91.0 Å². The Morgan fingerprint density at radius 2 is 2.27 bits per heavy atom. The van der Waals surface area contributed by atoms with Gasteiger partial charge in [0.05, 0.1) is 12.0 Å². The van der Waals surface area contributed by atoms with Gasteiger partial charge in [-0.2, -0.15) is 5.10 Å². The lowest BCUT2D eigenvalue weighted by Gasteiger charge is -2.22. The predicted octanol–water partition coefficient (Wildman–Crippen LogP) is 1.93. The largest absolute Gasteiger partial charge is 0.387 e. The molecule has 0 fully saturated rings. The number of nitrogens with two attached hydrogens (primary N) is 1. The molecule has 0 aliphatic carbocycles. The fraction of sp³-hybridized carbons (Fsp3) is 0.636. The average Bonchev–Trinajstić information content (AvgIpc) is 2.51. The first-order valence-electron chi connectivity index (χ1n) is 5.25. The van der Waals surface area contributed by atoms with Gasteiger partial charge < -0.3 is 5.73 Å². The van der Waals surface area contributed by atoms with E-state index in [1.165, 1.54) is 5.56 Å². The summed E-state index contributed by atoms with van der Waals surface area (Å²) in [5.41, 5.74) is 6.50. The first kappa shape index (κ1) is 11.8. The van der Waals surface area contributed by atoms with Crippen molar-refractivity contribution in [2.75, 3.05) is 0 Å². The van der Waals surface area contributed by atoms with Gasteiger partial charge in [-0.25, -0.2) is 0 Å². The highest BCUT2D eigenvalue weighted by molar-refractivity contribution is 5.82. The summed E-state index contributed by atoms with van der Waals surface area (Å²) in [6, 6.07) is 0. The quantitative estimate of drug-likeness (QED) is 0.573. The van der Waals surface area contributed by atoms with Gasteiger partial charge in [-0.05, 0) is 25.3 Å². The van der Waals surface area contributed by atoms with Crippen molar-refractivity contribution in [1.82, 2.24) is 9.78 Å². The van der Waals surface area contributed by atoms with Crippen molar-refractivity contribution in [3.05, 3.63) is 18.0 Å². The molecular formula is C11H20N4. The molecule has 0 aromatic carbocycles. The van der Waals surface area contributed by atoms with Crippen molar-refractivity contribution in [3.8, 4) is 0 Å². The summed E-state index contributed by atoms with van der Waals surface area (Å²) in [7, 11) is 0. The number of hydrogen-bond acceptors (Lipinski definition) is 2. The minimum Gasteiger partial charge on any atom is -0.387 e. The van der Waals surface area contributed by atoms with Crippen molar-refractivity contribution >= 4 is 5.84 Å². The van der Waals surface area contributed by atoms with Gasteiger partial charge >= 0.3 is 0 Å². The molecule has 0 bridgehead atoms. The molecule has 0 spiro atoms. The summed E-state index contributed by atoms with van der Waals surface area (Å²) in [6.45, 7) is 6.93. The second-order valence-corrected chi connectivity index (χ2v) is 4.68. The molecular weight excluding hydrogens is 188 g/mol. The molecule has 0 saturated carbocycles. The van der Waals surface area contributed by atoms with E-state index in [4.69, 9.17) is 11.1 Å². The van der Waals surface area contributed by atoms with Gasteiger partial charge in [0.25, 0.3) is 0 Å². The number of hydrogen-bond donors (Lipinski definition) is 2. The monoisotopic (exact) mass is 208 g/mol. The molecule has 0 radical (unpaired) electrons. The molecule has 84 valence electrons. The first-order chi connectivity index (χ1) is 6.92.